The predicted octanol–water partition coefficient (Wildman–Crippen LogP) is 9.41. The molecule has 0 spiro atoms. The van der Waals surface area contributed by atoms with Crippen LogP contribution >= 0.6 is 0 Å². The van der Waals surface area contributed by atoms with Crippen molar-refractivity contribution in [3.05, 3.63) is 11.6 Å². The van der Waals surface area contributed by atoms with Crippen LogP contribution in [0.3, 0.4) is 0 Å². The van der Waals surface area contributed by atoms with Crippen molar-refractivity contribution in [2.45, 2.75) is 329 Å². The second-order valence-electron chi connectivity index (χ2n) is 31.4. The fraction of sp³-hybridized carbons (Fsp3) is 0.843. The summed E-state index contributed by atoms with van der Waals surface area (Å²) < 4.78 is 57.4. The van der Waals surface area contributed by atoms with Gasteiger partial charge < -0.3 is 74.5 Å². The summed E-state index contributed by atoms with van der Waals surface area (Å²) in [6, 6.07) is -1.67. The molecular weight excluding hydrogens is 1210 g/mol. The molecular formula is C70H108N6O18. The largest absolute Gasteiger partial charge is 0.455 e. The third kappa shape index (κ3) is 14.9. The molecule has 6 amide bonds. The minimum atomic E-state index is -1.91. The van der Waals surface area contributed by atoms with Gasteiger partial charge >= 0.3 is 47.9 Å². The first-order chi connectivity index (χ1) is 44.3. The third-order valence-corrected chi connectivity index (χ3v) is 24.4. The Kier molecular flexibility index (Phi) is 21.6. The first-order valence-corrected chi connectivity index (χ1v) is 35.3. The highest BCUT2D eigenvalue weighted by Crippen LogP contribution is 2.75. The van der Waals surface area contributed by atoms with Gasteiger partial charge in [0.2, 0.25) is 6.29 Å². The summed E-state index contributed by atoms with van der Waals surface area (Å²) >= 11 is 0. The summed E-state index contributed by atoms with van der Waals surface area (Å²) in [6.07, 6.45) is 5.10. The Morgan fingerprint density at radius 2 is 0.894 bits per heavy atom. The molecule has 0 aromatic heterocycles. The highest BCUT2D eigenvalue weighted by Gasteiger charge is 2.71. The van der Waals surface area contributed by atoms with E-state index in [1.165, 1.54) is 12.0 Å². The maximum Gasteiger partial charge on any atom is 0.317 e. The third-order valence-electron chi connectivity index (χ3n) is 24.4. The second-order valence-corrected chi connectivity index (χ2v) is 31.4. The number of ketones is 1. The molecule has 6 N–H and O–H groups in total. The number of rotatable bonds is 15. The zero-order valence-corrected chi connectivity index (χ0v) is 57.7. The van der Waals surface area contributed by atoms with Crippen molar-refractivity contribution in [1.29, 1.82) is 0 Å². The zero-order chi connectivity index (χ0) is 67.9. The number of carbonyl (C=O) groups is 9. The Bertz CT molecular complexity index is 2870. The lowest BCUT2D eigenvalue weighted by atomic mass is 9.33. The number of nitrogens with one attached hydrogen (secondary N) is 6. The zero-order valence-electron chi connectivity index (χ0n) is 57.7. The van der Waals surface area contributed by atoms with Gasteiger partial charge in [0.25, 0.3) is 0 Å². The fourth-order valence-electron chi connectivity index (χ4n) is 19.6. The number of allylic oxidation sites excluding steroid dienone is 2. The van der Waals surface area contributed by atoms with Crippen LogP contribution in [0.5, 0.6) is 0 Å². The summed E-state index contributed by atoms with van der Waals surface area (Å²) in [7, 11) is 0. The molecule has 24 heteroatoms. The topological polar surface area (TPSA) is 309 Å². The standard InChI is InChI=1S/C70H108N6O18/c1-38(77)86-51-53(88-40(3)79)59(75-63(84)72-44-24-18-14-19-25-44)94-61(55(51)90-42(5)81)92-56-52(87-39(2)78)54(89-41(4)80)58(74-62(83)71-43-22-16-13-17-23-43)93-60(56)91-50-29-30-68(10)49(65(50,6)7)28-31-70(12)57(68)48(82)36-46-47-37-67(9,34-32-66(47,8)33-35-69(46,70)11)76-64(85)73-45-26-20-15-21-27-45/h36,43-45,47,49-61H,13-35,37H2,1-12H3,(H2,71,74,83)(H2,72,75,84)(H2,73,76,85)/t47-,49-,50-,51-,52-,53-,54-,55+,56+,57+,58-,59+,60+,61+,66+,67-,68-,69+,70+/m0/s1. The summed E-state index contributed by atoms with van der Waals surface area (Å²) in [5.74, 6) is -4.67. The quantitative estimate of drug-likeness (QED) is 0.0505. The Hall–Kier alpha value is -5.59. The highest BCUT2D eigenvalue weighted by atomic mass is 16.8. The van der Waals surface area contributed by atoms with E-state index in [1.807, 2.05) is 6.08 Å². The van der Waals surface area contributed by atoms with Gasteiger partial charge in [-0.3, -0.25) is 28.8 Å². The lowest BCUT2D eigenvalue weighted by molar-refractivity contribution is -0.378. The van der Waals surface area contributed by atoms with Crippen LogP contribution in [-0.4, -0.2) is 145 Å². The van der Waals surface area contributed by atoms with E-state index in [0.717, 1.165) is 157 Å². The molecule has 0 aromatic carbocycles. The van der Waals surface area contributed by atoms with Crippen LogP contribution in [-0.2, 0) is 71.4 Å². The number of esters is 5. The van der Waals surface area contributed by atoms with Gasteiger partial charge in [-0.2, -0.15) is 0 Å². The molecule has 526 valence electrons. The van der Waals surface area contributed by atoms with Crippen LogP contribution in [0.4, 0.5) is 14.4 Å². The molecule has 2 aliphatic heterocycles. The fourth-order valence-corrected chi connectivity index (χ4v) is 19.6. The van der Waals surface area contributed by atoms with Crippen LogP contribution in [0.25, 0.3) is 0 Å². The Labute approximate surface area is 554 Å². The average Bonchev–Trinajstić information content (AvgIpc) is 0.674. The number of carbonyl (C=O) groups excluding carboxylic acids is 9. The average molecular weight is 1320 g/mol. The van der Waals surface area contributed by atoms with Gasteiger partial charge in [-0.1, -0.05) is 105 Å². The van der Waals surface area contributed by atoms with E-state index in [2.05, 4.69) is 80.4 Å². The number of fused-ring (bicyclic) bond motifs is 7. The monoisotopic (exact) mass is 1320 g/mol. The van der Waals surface area contributed by atoms with Crippen molar-refractivity contribution in [3.63, 3.8) is 0 Å². The molecule has 0 unspecified atom stereocenters. The van der Waals surface area contributed by atoms with Crippen LogP contribution in [0.2, 0.25) is 0 Å². The van der Waals surface area contributed by atoms with Gasteiger partial charge in [0, 0.05) is 64.2 Å². The lowest BCUT2D eigenvalue weighted by Gasteiger charge is -2.70. The predicted molar refractivity (Wildman–Crippen MR) is 340 cm³/mol. The van der Waals surface area contributed by atoms with Gasteiger partial charge in [0.05, 0.1) is 6.10 Å². The van der Waals surface area contributed by atoms with E-state index in [0.29, 0.717) is 25.7 Å². The van der Waals surface area contributed by atoms with Crippen molar-refractivity contribution in [1.82, 2.24) is 31.9 Å². The Morgan fingerprint density at radius 1 is 0.457 bits per heavy atom. The molecule has 0 bridgehead atoms. The van der Waals surface area contributed by atoms with E-state index in [4.69, 9.17) is 42.6 Å². The smallest absolute Gasteiger partial charge is 0.317 e. The van der Waals surface area contributed by atoms with Crippen LogP contribution in [0, 0.1) is 44.8 Å². The van der Waals surface area contributed by atoms with E-state index >= 15 is 4.79 Å². The van der Waals surface area contributed by atoms with E-state index in [1.54, 1.807) is 0 Å². The minimum absolute atomic E-state index is 0.0401. The normalized spacial score (nSPS) is 39.9. The summed E-state index contributed by atoms with van der Waals surface area (Å²) in [5, 5.41) is 18.3. The maximum absolute atomic E-state index is 15.7. The second kappa shape index (κ2) is 28.5. The summed E-state index contributed by atoms with van der Waals surface area (Å²) in [6.45, 7) is 21.4. The molecule has 94 heavy (non-hydrogen) atoms. The van der Waals surface area contributed by atoms with E-state index in [9.17, 15) is 38.4 Å². The number of amides is 6. The van der Waals surface area contributed by atoms with Crippen molar-refractivity contribution < 1.29 is 85.8 Å². The summed E-state index contributed by atoms with van der Waals surface area (Å²) in [5.41, 5.74) is -1.34. The summed E-state index contributed by atoms with van der Waals surface area (Å²) in [4.78, 5) is 124. The Balaban J connectivity index is 0.985. The van der Waals surface area contributed by atoms with Crippen molar-refractivity contribution in [2.75, 3.05) is 0 Å². The number of ether oxygens (including phenoxy) is 9. The first kappa shape index (κ1) is 71.2. The minimum Gasteiger partial charge on any atom is -0.455 e. The molecule has 0 radical (unpaired) electrons. The van der Waals surface area contributed by atoms with Crippen LogP contribution in [0.1, 0.15) is 237 Å². The maximum atomic E-state index is 15.7. The van der Waals surface area contributed by atoms with Crippen molar-refractivity contribution in [2.24, 2.45) is 44.8 Å². The van der Waals surface area contributed by atoms with Crippen LogP contribution in [0.15, 0.2) is 11.6 Å². The number of urea groups is 3. The van der Waals surface area contributed by atoms with E-state index in [-0.39, 0.29) is 58.5 Å². The molecule has 10 rings (SSSR count). The van der Waals surface area contributed by atoms with Gasteiger partial charge in [-0.05, 0) is 148 Å². The molecule has 19 atom stereocenters. The molecule has 2 heterocycles. The highest BCUT2D eigenvalue weighted by molar-refractivity contribution is 5.95. The van der Waals surface area contributed by atoms with Gasteiger partial charge in [0.1, 0.15) is 0 Å². The van der Waals surface area contributed by atoms with Crippen LogP contribution < -0.4 is 31.9 Å². The first-order valence-electron chi connectivity index (χ1n) is 35.3. The van der Waals surface area contributed by atoms with Gasteiger partial charge in [-0.25, -0.2) is 14.4 Å². The molecule has 9 fully saturated rings. The van der Waals surface area contributed by atoms with Gasteiger partial charge in [0.15, 0.2) is 61.2 Å². The molecule has 10 aliphatic rings. The molecule has 8 aliphatic carbocycles. The molecule has 7 saturated carbocycles. The van der Waals surface area contributed by atoms with Crippen molar-refractivity contribution in [3.8, 4) is 0 Å². The number of hydrogen-bond acceptors (Lipinski definition) is 18. The van der Waals surface area contributed by atoms with Crippen molar-refractivity contribution >= 4 is 53.7 Å². The molecule has 0 aromatic rings. The Morgan fingerprint density at radius 3 is 1.38 bits per heavy atom. The van der Waals surface area contributed by atoms with E-state index < -0.39 is 131 Å². The lowest BCUT2D eigenvalue weighted by Crippen LogP contribution is -2.71. The number of hydrogen-bond donors (Lipinski definition) is 6. The van der Waals surface area contributed by atoms with Gasteiger partial charge in [-0.15, -0.1) is 0 Å². The molecule has 24 nitrogen and oxygen atoms in total. The molecule has 2 saturated heterocycles. The SMILES string of the molecule is CC(=O)O[C@@H]1[C@@H](OC(C)=O)[C@H](O[C@H]2[C@H](O[C@H]3CC[C@]4(C)[C@H]5C(=O)C=C6[C@@H]7C[C@@](C)(NC(=O)NC8CCCCC8)CC[C@]7(C)CC[C@@]6(C)[C@]5(C)CC[C@H]4C3(C)C)O[C@H](NC(=O)NC3CCCCC3)[C@@H](OC(C)=O)[C@@H]2OC(C)=O)O[C@@H](NC(=O)NC2CCCCC2)[C@H]1OC(C)=O.